The standard InChI is InChI=1S/C33H34.CH4/c1-25-13-19-30(20-14-25)33(29-11-7-4-8-12-29,31-21-15-26(2)16-22-31)32-23-17-28(18-24-32)27-9-5-3-6-10-27;/h3,5-6,9-10,13-24,29H,4,7-8,11-12H2,1-2H3;1H4. The molecule has 5 rings (SSSR count). The lowest BCUT2D eigenvalue weighted by Crippen LogP contribution is -2.39. The van der Waals surface area contributed by atoms with Gasteiger partial charge in [0.15, 0.2) is 0 Å². The topological polar surface area (TPSA) is 0 Å². The average molecular weight is 447 g/mol. The molecular formula is C34H38. The van der Waals surface area contributed by atoms with Gasteiger partial charge in [-0.3, -0.25) is 0 Å². The van der Waals surface area contributed by atoms with Crippen LogP contribution in [0.5, 0.6) is 0 Å². The quantitative estimate of drug-likeness (QED) is 0.268. The maximum absolute atomic E-state index is 2.40. The Morgan fingerprint density at radius 2 is 0.912 bits per heavy atom. The Morgan fingerprint density at radius 1 is 0.500 bits per heavy atom. The van der Waals surface area contributed by atoms with Gasteiger partial charge in [0.05, 0.1) is 0 Å². The molecule has 34 heavy (non-hydrogen) atoms. The van der Waals surface area contributed by atoms with Crippen molar-refractivity contribution >= 4 is 0 Å². The smallest absolute Gasteiger partial charge is 0.0479 e. The Balaban J connectivity index is 0.00000274. The molecule has 1 aliphatic rings. The van der Waals surface area contributed by atoms with Crippen LogP contribution in [0.15, 0.2) is 103 Å². The van der Waals surface area contributed by atoms with Gasteiger partial charge in [0.1, 0.15) is 0 Å². The van der Waals surface area contributed by atoms with Crippen molar-refractivity contribution in [2.24, 2.45) is 5.92 Å². The summed E-state index contributed by atoms with van der Waals surface area (Å²) in [5.74, 6) is 0.597. The van der Waals surface area contributed by atoms with Crippen LogP contribution in [0.25, 0.3) is 11.1 Å². The lowest BCUT2D eigenvalue weighted by molar-refractivity contribution is 0.271. The summed E-state index contributed by atoms with van der Waals surface area (Å²) in [6.07, 6.45) is 6.57. The molecule has 1 saturated carbocycles. The van der Waals surface area contributed by atoms with Gasteiger partial charge in [-0.2, -0.15) is 0 Å². The second-order valence-corrected chi connectivity index (χ2v) is 9.82. The van der Waals surface area contributed by atoms with Gasteiger partial charge in [0.2, 0.25) is 0 Å². The third kappa shape index (κ3) is 4.47. The number of benzene rings is 4. The van der Waals surface area contributed by atoms with Crippen LogP contribution in [0.3, 0.4) is 0 Å². The molecule has 174 valence electrons. The Bertz CT molecular complexity index is 1110. The molecule has 1 fully saturated rings. The summed E-state index contributed by atoms with van der Waals surface area (Å²) in [5, 5.41) is 0. The zero-order valence-electron chi connectivity index (χ0n) is 19.9. The highest BCUT2D eigenvalue weighted by Crippen LogP contribution is 2.50. The first-order valence-electron chi connectivity index (χ1n) is 12.5. The van der Waals surface area contributed by atoms with Gasteiger partial charge >= 0.3 is 0 Å². The fourth-order valence-electron chi connectivity index (χ4n) is 5.93. The van der Waals surface area contributed by atoms with Crippen molar-refractivity contribution < 1.29 is 0 Å². The van der Waals surface area contributed by atoms with Crippen LogP contribution < -0.4 is 0 Å². The van der Waals surface area contributed by atoms with Crippen LogP contribution in [0.4, 0.5) is 0 Å². The zero-order valence-corrected chi connectivity index (χ0v) is 19.9. The van der Waals surface area contributed by atoms with E-state index >= 15 is 0 Å². The highest BCUT2D eigenvalue weighted by atomic mass is 14.5. The summed E-state index contributed by atoms with van der Waals surface area (Å²) in [7, 11) is 0. The molecule has 0 atom stereocenters. The van der Waals surface area contributed by atoms with E-state index in [1.54, 1.807) is 0 Å². The van der Waals surface area contributed by atoms with Gasteiger partial charge in [0.25, 0.3) is 0 Å². The molecule has 0 heteroatoms. The second kappa shape index (κ2) is 10.4. The first-order valence-corrected chi connectivity index (χ1v) is 12.5. The van der Waals surface area contributed by atoms with E-state index in [2.05, 4.69) is 117 Å². The van der Waals surface area contributed by atoms with Gasteiger partial charge in [-0.05, 0) is 60.4 Å². The fourth-order valence-corrected chi connectivity index (χ4v) is 5.93. The molecule has 0 radical (unpaired) electrons. The second-order valence-electron chi connectivity index (χ2n) is 9.82. The molecule has 0 heterocycles. The van der Waals surface area contributed by atoms with Gasteiger partial charge in [-0.1, -0.05) is 141 Å². The first-order chi connectivity index (χ1) is 16.2. The van der Waals surface area contributed by atoms with Gasteiger partial charge in [0, 0.05) is 5.41 Å². The molecule has 0 saturated heterocycles. The molecule has 0 spiro atoms. The van der Waals surface area contributed by atoms with Crippen LogP contribution in [0, 0.1) is 19.8 Å². The lowest BCUT2D eigenvalue weighted by atomic mass is 9.58. The summed E-state index contributed by atoms with van der Waals surface area (Å²) in [5.41, 5.74) is 9.34. The van der Waals surface area contributed by atoms with E-state index in [9.17, 15) is 0 Å². The summed E-state index contributed by atoms with van der Waals surface area (Å²) in [6.45, 7) is 4.37. The number of hydrogen-bond donors (Lipinski definition) is 0. The van der Waals surface area contributed by atoms with E-state index in [4.69, 9.17) is 0 Å². The maximum Gasteiger partial charge on any atom is 0.0479 e. The molecule has 0 aromatic heterocycles. The summed E-state index contributed by atoms with van der Waals surface area (Å²) < 4.78 is 0. The molecule has 0 amide bonds. The van der Waals surface area contributed by atoms with E-state index in [1.807, 2.05) is 0 Å². The highest BCUT2D eigenvalue weighted by Gasteiger charge is 2.43. The maximum atomic E-state index is 2.40. The van der Waals surface area contributed by atoms with E-state index in [0.717, 1.165) is 0 Å². The van der Waals surface area contributed by atoms with E-state index in [0.29, 0.717) is 5.92 Å². The van der Waals surface area contributed by atoms with Gasteiger partial charge < -0.3 is 0 Å². The summed E-state index contributed by atoms with van der Waals surface area (Å²) >= 11 is 0. The van der Waals surface area contributed by atoms with E-state index < -0.39 is 0 Å². The highest BCUT2D eigenvalue weighted by molar-refractivity contribution is 5.65. The van der Waals surface area contributed by atoms with Crippen molar-refractivity contribution in [1.29, 1.82) is 0 Å². The molecule has 0 aliphatic heterocycles. The molecule has 4 aromatic carbocycles. The van der Waals surface area contributed by atoms with Crippen molar-refractivity contribution in [2.75, 3.05) is 0 Å². The predicted molar refractivity (Wildman–Crippen MR) is 147 cm³/mol. The lowest BCUT2D eigenvalue weighted by Gasteiger charge is -2.45. The van der Waals surface area contributed by atoms with Gasteiger partial charge in [-0.15, -0.1) is 0 Å². The van der Waals surface area contributed by atoms with E-state index in [-0.39, 0.29) is 12.8 Å². The molecule has 0 bridgehead atoms. The SMILES string of the molecule is C.Cc1ccc(C(c2ccc(C)cc2)(c2ccc(-c3ccccc3)cc2)C2CCCCC2)cc1. The van der Waals surface area contributed by atoms with E-state index in [1.165, 1.54) is 71.0 Å². The van der Waals surface area contributed by atoms with Crippen LogP contribution in [0.2, 0.25) is 0 Å². The molecule has 0 nitrogen and oxygen atoms in total. The third-order valence-electron chi connectivity index (χ3n) is 7.68. The monoisotopic (exact) mass is 446 g/mol. The Morgan fingerprint density at radius 3 is 1.38 bits per heavy atom. The Hall–Kier alpha value is -3.12. The first kappa shape index (κ1) is 24.0. The number of rotatable bonds is 5. The summed E-state index contributed by atoms with van der Waals surface area (Å²) in [4.78, 5) is 0. The van der Waals surface area contributed by atoms with Crippen molar-refractivity contribution in [2.45, 2.75) is 58.8 Å². The minimum absolute atomic E-state index is 0. The minimum atomic E-state index is -0.128. The third-order valence-corrected chi connectivity index (χ3v) is 7.68. The van der Waals surface area contributed by atoms with Crippen LogP contribution in [-0.2, 0) is 5.41 Å². The van der Waals surface area contributed by atoms with Crippen molar-refractivity contribution in [3.05, 3.63) is 131 Å². The number of hydrogen-bond acceptors (Lipinski definition) is 0. The zero-order chi connectivity index (χ0) is 22.7. The Labute approximate surface area is 206 Å². The van der Waals surface area contributed by atoms with Crippen molar-refractivity contribution in [1.82, 2.24) is 0 Å². The molecule has 0 unspecified atom stereocenters. The Kier molecular flexibility index (Phi) is 7.37. The average Bonchev–Trinajstić information content (AvgIpc) is 2.88. The molecule has 4 aromatic rings. The van der Waals surface area contributed by atoms with Gasteiger partial charge in [-0.25, -0.2) is 0 Å². The van der Waals surface area contributed by atoms with Crippen LogP contribution in [0.1, 0.15) is 67.3 Å². The minimum Gasteiger partial charge on any atom is -0.0776 e. The van der Waals surface area contributed by atoms with Crippen molar-refractivity contribution in [3.8, 4) is 11.1 Å². The van der Waals surface area contributed by atoms with Crippen LogP contribution in [-0.4, -0.2) is 0 Å². The number of aryl methyl sites for hydroxylation is 2. The van der Waals surface area contributed by atoms with Crippen LogP contribution >= 0.6 is 0 Å². The summed E-state index contributed by atoms with van der Waals surface area (Å²) in [6, 6.07) is 38.9. The normalized spacial score (nSPS) is 14.4. The molecule has 0 N–H and O–H groups in total. The largest absolute Gasteiger partial charge is 0.0776 e. The molecule has 1 aliphatic carbocycles. The predicted octanol–water partition coefficient (Wildman–Crippen LogP) is 9.52. The van der Waals surface area contributed by atoms with Crippen molar-refractivity contribution in [3.63, 3.8) is 0 Å². The molecular weight excluding hydrogens is 408 g/mol. The fraction of sp³-hybridized carbons (Fsp3) is 0.294.